The van der Waals surface area contributed by atoms with Gasteiger partial charge in [0.25, 0.3) is 5.91 Å². The van der Waals surface area contributed by atoms with Gasteiger partial charge < -0.3 is 9.84 Å². The van der Waals surface area contributed by atoms with Crippen molar-refractivity contribution in [2.45, 2.75) is 0 Å². The number of benzene rings is 1. The number of para-hydroxylation sites is 1. The van der Waals surface area contributed by atoms with Crippen LogP contribution < -0.4 is 10.2 Å². The summed E-state index contributed by atoms with van der Waals surface area (Å²) in [5, 5.41) is 11.7. The summed E-state index contributed by atoms with van der Waals surface area (Å²) in [5.41, 5.74) is 3.41. The van der Waals surface area contributed by atoms with E-state index in [2.05, 4.69) is 15.5 Å². The second kappa shape index (κ2) is 8.12. The first-order valence-electron chi connectivity index (χ1n) is 5.84. The van der Waals surface area contributed by atoms with E-state index in [4.69, 9.17) is 9.84 Å². The van der Waals surface area contributed by atoms with Crippen LogP contribution in [0.1, 0.15) is 15.9 Å². The van der Waals surface area contributed by atoms with Gasteiger partial charge in [-0.3, -0.25) is 9.78 Å². The van der Waals surface area contributed by atoms with Crippen molar-refractivity contribution in [1.29, 1.82) is 0 Å². The van der Waals surface area contributed by atoms with Gasteiger partial charge in [-0.25, -0.2) is 5.43 Å². The molecule has 2 rings (SSSR count). The molecule has 6 nitrogen and oxygen atoms in total. The Morgan fingerprint density at radius 2 is 2.05 bits per heavy atom. The van der Waals surface area contributed by atoms with Gasteiger partial charge in [-0.05, 0) is 24.3 Å². The number of hydrogen-bond donors (Lipinski definition) is 1. The van der Waals surface area contributed by atoms with E-state index in [-0.39, 0.29) is 31.1 Å². The number of carbonyl (C=O) groups excluding carboxylic acids is 1. The summed E-state index contributed by atoms with van der Waals surface area (Å²) in [6.07, 6.45) is 4.47. The average Bonchev–Trinajstić information content (AvgIpc) is 2.49. The monoisotopic (exact) mass is 336 g/mol. The molecule has 1 aromatic heterocycles. The van der Waals surface area contributed by atoms with Crippen molar-refractivity contribution in [1.82, 2.24) is 10.4 Å². The summed E-state index contributed by atoms with van der Waals surface area (Å²) < 4.78 is 5.04. The molecule has 0 unspecified atom stereocenters. The van der Waals surface area contributed by atoms with E-state index < -0.39 is 0 Å². The van der Waals surface area contributed by atoms with Gasteiger partial charge in [0.1, 0.15) is 0 Å². The normalized spacial score (nSPS) is 9.95. The van der Waals surface area contributed by atoms with Crippen LogP contribution in [0.5, 0.6) is 11.5 Å². The van der Waals surface area contributed by atoms with Crippen LogP contribution in [-0.4, -0.2) is 29.3 Å². The minimum atomic E-state index is -0.335. The van der Waals surface area contributed by atoms with Crippen LogP contribution >= 0.6 is 0 Å². The van der Waals surface area contributed by atoms with E-state index in [1.54, 1.807) is 30.3 Å². The van der Waals surface area contributed by atoms with E-state index in [0.29, 0.717) is 16.9 Å². The SMILES string of the molecule is COc1cccc(C=NNC(=O)c2ccncc2)c1[OH2+].[Zn+2]. The summed E-state index contributed by atoms with van der Waals surface area (Å²) in [4.78, 5) is 15.5. The van der Waals surface area contributed by atoms with Gasteiger partial charge in [0.2, 0.25) is 5.75 Å². The smallest absolute Gasteiger partial charge is 0.590 e. The Kier molecular flexibility index (Phi) is 6.49. The number of hydrazone groups is 1. The third-order valence-electron chi connectivity index (χ3n) is 2.59. The molecule has 0 bridgehead atoms. The number of nitrogens with one attached hydrogen (secondary N) is 1. The second-order valence-electron chi connectivity index (χ2n) is 3.86. The third-order valence-corrected chi connectivity index (χ3v) is 2.59. The molecule has 0 spiro atoms. The van der Waals surface area contributed by atoms with Crippen LogP contribution in [0.4, 0.5) is 0 Å². The first-order chi connectivity index (χ1) is 9.72. The number of pyridine rings is 1. The molecular weight excluding hydrogens is 324 g/mol. The van der Waals surface area contributed by atoms with Crippen molar-refractivity contribution in [3.8, 4) is 11.5 Å². The molecule has 3 N–H and O–H groups in total. The third kappa shape index (κ3) is 4.36. The van der Waals surface area contributed by atoms with Crippen molar-refractivity contribution in [2.24, 2.45) is 5.10 Å². The minimum absolute atomic E-state index is 0. The second-order valence-corrected chi connectivity index (χ2v) is 3.86. The first-order valence-corrected chi connectivity index (χ1v) is 5.84. The molecule has 0 saturated carbocycles. The fourth-order valence-corrected chi connectivity index (χ4v) is 1.55. The minimum Gasteiger partial charge on any atom is -0.590 e. The molecule has 102 valence electrons. The number of hydrogen-bond acceptors (Lipinski definition) is 4. The molecule has 2 aromatic rings. The molecule has 0 aliphatic heterocycles. The zero-order valence-corrected chi connectivity index (χ0v) is 14.5. The van der Waals surface area contributed by atoms with E-state index in [0.717, 1.165) is 0 Å². The fourth-order valence-electron chi connectivity index (χ4n) is 1.55. The Morgan fingerprint density at radius 3 is 2.71 bits per heavy atom. The molecule has 0 radical (unpaired) electrons. The predicted octanol–water partition coefficient (Wildman–Crippen LogP) is 1.29. The van der Waals surface area contributed by atoms with Gasteiger partial charge in [0.05, 0.1) is 18.9 Å². The van der Waals surface area contributed by atoms with E-state index >= 15 is 0 Å². The molecule has 0 fully saturated rings. The Hall–Kier alpha value is -2.27. The number of ether oxygens (including phenoxy) is 1. The van der Waals surface area contributed by atoms with E-state index in [1.165, 1.54) is 25.7 Å². The van der Waals surface area contributed by atoms with Crippen LogP contribution in [-0.2, 0) is 19.5 Å². The number of methoxy groups -OCH3 is 1. The van der Waals surface area contributed by atoms with Crippen LogP contribution in [0.15, 0.2) is 47.8 Å². The zero-order valence-electron chi connectivity index (χ0n) is 11.5. The molecule has 0 aliphatic rings. The molecule has 1 heterocycles. The molecule has 1 amide bonds. The largest absolute Gasteiger partial charge is 2.00 e. The number of carbonyl (C=O) groups is 1. The Labute approximate surface area is 134 Å². The van der Waals surface area contributed by atoms with E-state index in [9.17, 15) is 4.79 Å². The van der Waals surface area contributed by atoms with Gasteiger partial charge in [-0.2, -0.15) is 5.10 Å². The Balaban J connectivity index is 0.00000220. The molecular formula is C14H14N3O3Zn+3. The first kappa shape index (κ1) is 16.8. The zero-order chi connectivity index (χ0) is 14.4. The molecule has 0 atom stereocenters. The Morgan fingerprint density at radius 1 is 1.33 bits per heavy atom. The van der Waals surface area contributed by atoms with Gasteiger partial charge in [0, 0.05) is 18.0 Å². The van der Waals surface area contributed by atoms with Crippen LogP contribution in [0.3, 0.4) is 0 Å². The predicted molar refractivity (Wildman–Crippen MR) is 75.4 cm³/mol. The van der Waals surface area contributed by atoms with Crippen molar-refractivity contribution in [3.63, 3.8) is 0 Å². The van der Waals surface area contributed by atoms with Gasteiger partial charge >= 0.3 is 25.2 Å². The van der Waals surface area contributed by atoms with Crippen LogP contribution in [0.2, 0.25) is 0 Å². The molecule has 0 aliphatic carbocycles. The van der Waals surface area contributed by atoms with Gasteiger partial charge in [-0.1, -0.05) is 6.07 Å². The topological polar surface area (TPSA) is 86.5 Å². The summed E-state index contributed by atoms with van der Waals surface area (Å²) in [7, 11) is 1.50. The van der Waals surface area contributed by atoms with Crippen LogP contribution in [0, 0.1) is 0 Å². The maximum absolute atomic E-state index is 11.7. The maximum atomic E-state index is 11.7. The van der Waals surface area contributed by atoms with Crippen molar-refractivity contribution in [3.05, 3.63) is 53.9 Å². The van der Waals surface area contributed by atoms with Gasteiger partial charge in [-0.15, -0.1) is 0 Å². The molecule has 0 saturated heterocycles. The summed E-state index contributed by atoms with van der Waals surface area (Å²) >= 11 is 0. The summed E-state index contributed by atoms with van der Waals surface area (Å²) in [6.45, 7) is 0. The molecule has 21 heavy (non-hydrogen) atoms. The number of aromatic nitrogens is 1. The van der Waals surface area contributed by atoms with Crippen molar-refractivity contribution in [2.75, 3.05) is 7.11 Å². The summed E-state index contributed by atoms with van der Waals surface area (Å²) in [6, 6.07) is 8.34. The quantitative estimate of drug-likeness (QED) is 0.395. The van der Waals surface area contributed by atoms with Crippen molar-refractivity contribution >= 4 is 12.1 Å². The summed E-state index contributed by atoms with van der Waals surface area (Å²) in [5.74, 6) is 0.337. The van der Waals surface area contributed by atoms with Crippen molar-refractivity contribution < 1.29 is 34.1 Å². The van der Waals surface area contributed by atoms with Gasteiger partial charge in [0.15, 0.2) is 0 Å². The molecule has 1 aromatic carbocycles. The fraction of sp³-hybridized carbons (Fsp3) is 0.0714. The van der Waals surface area contributed by atoms with E-state index in [1.807, 2.05) is 0 Å². The number of rotatable bonds is 4. The molecule has 7 heteroatoms. The average molecular weight is 338 g/mol. The van der Waals surface area contributed by atoms with Crippen LogP contribution in [0.25, 0.3) is 0 Å². The maximum Gasteiger partial charge on any atom is 2.00 e. The number of nitrogens with zero attached hydrogens (tertiary/aromatic N) is 2. The number of amides is 1. The Bertz CT molecular complexity index is 633. The standard InChI is InChI=1S/C14H13N3O3.Zn/c1-20-12-4-2-3-11(13(12)18)9-16-17-14(19)10-5-7-15-8-6-10;/h2-9,18H,1H3,(H,17,19);/q;+2/p+1.